The molecule has 0 saturated heterocycles. The van der Waals surface area contributed by atoms with Gasteiger partial charge in [-0.3, -0.25) is 9.36 Å². The Labute approximate surface area is 237 Å². The summed E-state index contributed by atoms with van der Waals surface area (Å²) in [6.45, 7) is 4.29. The molecule has 0 spiro atoms. The van der Waals surface area contributed by atoms with Crippen LogP contribution in [0.15, 0.2) is 41.6 Å². The van der Waals surface area contributed by atoms with Gasteiger partial charge in [0.25, 0.3) is 0 Å². The molecule has 4 aliphatic carbocycles. The lowest BCUT2D eigenvalue weighted by Crippen LogP contribution is -2.60. The number of benzene rings is 2. The van der Waals surface area contributed by atoms with Gasteiger partial charge in [0.2, 0.25) is 5.91 Å². The molecule has 1 N–H and O–H groups in total. The van der Waals surface area contributed by atoms with Gasteiger partial charge in [-0.05, 0) is 106 Å². The maximum absolute atomic E-state index is 13.2. The lowest BCUT2D eigenvalue weighted by molar-refractivity contribution is -0.124. The molecule has 0 aliphatic heterocycles. The van der Waals surface area contributed by atoms with Crippen LogP contribution in [0.1, 0.15) is 55.5 Å². The SMILES string of the molecule is Cc1ccc(C)c(-n2c(COc3ccc(Cl)cc3Cl)nnc2SCC(=O)NC23CC4CC(CC(C4)C2)C3)c1. The smallest absolute Gasteiger partial charge is 0.230 e. The third kappa shape index (κ3) is 5.30. The predicted octanol–water partition coefficient (Wildman–Crippen LogP) is 6.95. The average molecular weight is 572 g/mol. The van der Waals surface area contributed by atoms with Crippen LogP contribution in [0, 0.1) is 31.6 Å². The summed E-state index contributed by atoms with van der Waals surface area (Å²) in [5.74, 6) is 3.91. The lowest BCUT2D eigenvalue weighted by Gasteiger charge is -2.56. The molecule has 0 radical (unpaired) electrons. The molecular formula is C29H32Cl2N4O2S. The Morgan fingerprint density at radius 3 is 2.45 bits per heavy atom. The van der Waals surface area contributed by atoms with Gasteiger partial charge in [-0.25, -0.2) is 0 Å². The molecule has 1 heterocycles. The van der Waals surface area contributed by atoms with Gasteiger partial charge in [-0.1, -0.05) is 47.1 Å². The van der Waals surface area contributed by atoms with E-state index in [1.807, 2.05) is 4.57 Å². The molecule has 2 aromatic carbocycles. The summed E-state index contributed by atoms with van der Waals surface area (Å²) < 4.78 is 8.00. The first-order valence-electron chi connectivity index (χ1n) is 13.3. The van der Waals surface area contributed by atoms with Crippen molar-refractivity contribution in [2.24, 2.45) is 17.8 Å². The van der Waals surface area contributed by atoms with E-state index >= 15 is 0 Å². The minimum absolute atomic E-state index is 0.00401. The van der Waals surface area contributed by atoms with Crippen LogP contribution in [0.2, 0.25) is 10.0 Å². The van der Waals surface area contributed by atoms with Crippen molar-refractivity contribution >= 4 is 40.9 Å². The number of hydrogen-bond acceptors (Lipinski definition) is 5. The molecule has 38 heavy (non-hydrogen) atoms. The summed E-state index contributed by atoms with van der Waals surface area (Å²) in [7, 11) is 0. The number of carbonyl (C=O) groups excluding carboxylic acids is 1. The Morgan fingerprint density at radius 1 is 1.05 bits per heavy atom. The van der Waals surface area contributed by atoms with E-state index in [2.05, 4.69) is 47.6 Å². The molecule has 4 aliphatic rings. The molecule has 4 fully saturated rings. The fraction of sp³-hybridized carbons (Fsp3) is 0.483. The Morgan fingerprint density at radius 2 is 1.76 bits per heavy atom. The molecule has 0 atom stereocenters. The summed E-state index contributed by atoms with van der Waals surface area (Å²) >= 11 is 13.8. The fourth-order valence-electron chi connectivity index (χ4n) is 7.15. The van der Waals surface area contributed by atoms with E-state index in [1.165, 1.54) is 31.0 Å². The third-order valence-corrected chi connectivity index (χ3v) is 9.79. The highest BCUT2D eigenvalue weighted by molar-refractivity contribution is 7.99. The van der Waals surface area contributed by atoms with E-state index in [0.29, 0.717) is 32.5 Å². The Hall–Kier alpha value is -2.22. The van der Waals surface area contributed by atoms with Crippen LogP contribution in [0.25, 0.3) is 5.69 Å². The Bertz CT molecular complexity index is 1340. The first-order valence-corrected chi connectivity index (χ1v) is 15.0. The highest BCUT2D eigenvalue weighted by atomic mass is 35.5. The minimum Gasteiger partial charge on any atom is -0.484 e. The first-order chi connectivity index (χ1) is 18.3. The van der Waals surface area contributed by atoms with Crippen molar-refractivity contribution in [2.45, 2.75) is 69.7 Å². The van der Waals surface area contributed by atoms with E-state index < -0.39 is 0 Å². The number of nitrogens with one attached hydrogen (secondary N) is 1. The zero-order valence-electron chi connectivity index (χ0n) is 21.7. The Kier molecular flexibility index (Phi) is 7.12. The van der Waals surface area contributed by atoms with Crippen molar-refractivity contribution < 1.29 is 9.53 Å². The predicted molar refractivity (Wildman–Crippen MR) is 151 cm³/mol. The van der Waals surface area contributed by atoms with Gasteiger partial charge in [0, 0.05) is 10.6 Å². The van der Waals surface area contributed by atoms with Crippen molar-refractivity contribution in [2.75, 3.05) is 5.75 Å². The van der Waals surface area contributed by atoms with Gasteiger partial charge in [0.15, 0.2) is 11.0 Å². The van der Waals surface area contributed by atoms with Crippen LogP contribution < -0.4 is 10.1 Å². The van der Waals surface area contributed by atoms with Crippen molar-refractivity contribution in [1.82, 2.24) is 20.1 Å². The average Bonchev–Trinajstić information content (AvgIpc) is 3.25. The highest BCUT2D eigenvalue weighted by Crippen LogP contribution is 2.55. The molecule has 4 saturated carbocycles. The largest absolute Gasteiger partial charge is 0.484 e. The van der Waals surface area contributed by atoms with E-state index in [1.54, 1.807) is 18.2 Å². The lowest BCUT2D eigenvalue weighted by atomic mass is 9.53. The number of aromatic nitrogens is 3. The number of thioether (sulfide) groups is 1. The van der Waals surface area contributed by atoms with E-state index in [9.17, 15) is 4.79 Å². The van der Waals surface area contributed by atoms with Crippen LogP contribution in [0.5, 0.6) is 5.75 Å². The molecule has 9 heteroatoms. The molecule has 1 aromatic heterocycles. The van der Waals surface area contributed by atoms with Crippen molar-refractivity contribution in [3.63, 3.8) is 0 Å². The first kappa shape index (κ1) is 26.0. The zero-order chi connectivity index (χ0) is 26.4. The number of amides is 1. The van der Waals surface area contributed by atoms with Gasteiger partial charge in [-0.15, -0.1) is 10.2 Å². The number of nitrogens with zero attached hydrogens (tertiary/aromatic N) is 3. The Balaban J connectivity index is 1.20. The van der Waals surface area contributed by atoms with Gasteiger partial charge < -0.3 is 10.1 Å². The standard InChI is InChI=1S/C29H32Cl2N4O2S/c1-17-3-4-18(2)24(7-17)35-26(15-37-25-6-5-22(30)11-23(25)31)33-34-28(35)38-16-27(36)32-29-12-19-8-20(13-29)10-21(9-19)14-29/h3-7,11,19-21H,8-10,12-16H2,1-2H3,(H,32,36). The quantitative estimate of drug-likeness (QED) is 0.297. The summed E-state index contributed by atoms with van der Waals surface area (Å²) in [6.07, 6.45) is 7.49. The van der Waals surface area contributed by atoms with Crippen LogP contribution in [0.4, 0.5) is 0 Å². The number of aryl methyl sites for hydroxylation is 2. The maximum atomic E-state index is 13.2. The topological polar surface area (TPSA) is 69.0 Å². The number of ether oxygens (including phenoxy) is 1. The molecule has 200 valence electrons. The van der Waals surface area contributed by atoms with E-state index in [4.69, 9.17) is 27.9 Å². The zero-order valence-corrected chi connectivity index (χ0v) is 24.0. The number of halogens is 2. The van der Waals surface area contributed by atoms with Crippen molar-refractivity contribution in [3.05, 3.63) is 63.4 Å². The second-order valence-corrected chi connectivity index (χ2v) is 13.2. The monoisotopic (exact) mass is 570 g/mol. The summed E-state index contributed by atoms with van der Waals surface area (Å²) in [4.78, 5) is 13.2. The summed E-state index contributed by atoms with van der Waals surface area (Å²) in [6, 6.07) is 11.4. The summed E-state index contributed by atoms with van der Waals surface area (Å²) in [5, 5.41) is 14.0. The molecule has 0 unspecified atom stereocenters. The van der Waals surface area contributed by atoms with Crippen molar-refractivity contribution in [3.8, 4) is 11.4 Å². The maximum Gasteiger partial charge on any atom is 0.230 e. The molecular weight excluding hydrogens is 539 g/mol. The molecule has 7 rings (SSSR count). The summed E-state index contributed by atoms with van der Waals surface area (Å²) in [5.41, 5.74) is 3.19. The highest BCUT2D eigenvalue weighted by Gasteiger charge is 2.51. The van der Waals surface area contributed by atoms with Crippen molar-refractivity contribution in [1.29, 1.82) is 0 Å². The van der Waals surface area contributed by atoms with Crippen LogP contribution >= 0.6 is 35.0 Å². The van der Waals surface area contributed by atoms with Crippen LogP contribution in [-0.2, 0) is 11.4 Å². The molecule has 1 amide bonds. The number of rotatable bonds is 8. The van der Waals surface area contributed by atoms with Crippen LogP contribution in [-0.4, -0.2) is 32.0 Å². The van der Waals surface area contributed by atoms with E-state index in [0.717, 1.165) is 53.8 Å². The second-order valence-electron chi connectivity index (χ2n) is 11.4. The van der Waals surface area contributed by atoms with Gasteiger partial charge >= 0.3 is 0 Å². The molecule has 4 bridgehead atoms. The second kappa shape index (κ2) is 10.4. The van der Waals surface area contributed by atoms with Gasteiger partial charge in [-0.2, -0.15) is 0 Å². The normalized spacial score (nSPS) is 25.5. The minimum atomic E-state index is 0.00401. The number of carbonyl (C=O) groups is 1. The third-order valence-electron chi connectivity index (χ3n) is 8.33. The number of hydrogen-bond donors (Lipinski definition) is 1. The van der Waals surface area contributed by atoms with E-state index in [-0.39, 0.29) is 18.1 Å². The molecule has 3 aromatic rings. The van der Waals surface area contributed by atoms with Gasteiger partial charge in [0.05, 0.1) is 16.5 Å². The molecule has 6 nitrogen and oxygen atoms in total. The van der Waals surface area contributed by atoms with Crippen LogP contribution in [0.3, 0.4) is 0 Å². The fourth-order valence-corrected chi connectivity index (χ4v) is 8.38. The van der Waals surface area contributed by atoms with Gasteiger partial charge in [0.1, 0.15) is 12.4 Å².